The summed E-state index contributed by atoms with van der Waals surface area (Å²) in [4.78, 5) is 0. The number of rotatable bonds is 6. The van der Waals surface area contributed by atoms with Gasteiger partial charge in [-0.3, -0.25) is 0 Å². The number of aromatic nitrogens is 3. The van der Waals surface area contributed by atoms with Crippen LogP contribution < -0.4 is 4.74 Å². The van der Waals surface area contributed by atoms with Crippen LogP contribution in [0, 0.1) is 6.92 Å². The number of nitrogens with zero attached hydrogens (tertiary/aromatic N) is 4. The van der Waals surface area contributed by atoms with Gasteiger partial charge < -0.3 is 9.15 Å². The Kier molecular flexibility index (Phi) is 5.82. The molecule has 9 heteroatoms. The summed E-state index contributed by atoms with van der Waals surface area (Å²) in [6, 6.07) is 9.11. The molecule has 0 aliphatic heterocycles. The molecule has 1 aromatic carbocycles. The van der Waals surface area contributed by atoms with Gasteiger partial charge in [-0.2, -0.15) is 9.78 Å². The molecule has 25 heavy (non-hydrogen) atoms. The van der Waals surface area contributed by atoms with Crippen LogP contribution in [0.2, 0.25) is 5.02 Å². The van der Waals surface area contributed by atoms with Gasteiger partial charge in [0.1, 0.15) is 23.9 Å². The summed E-state index contributed by atoms with van der Waals surface area (Å²) in [7, 11) is 0. The minimum absolute atomic E-state index is 0.275. The lowest BCUT2D eigenvalue weighted by Crippen LogP contribution is -1.95. The molecule has 2 heterocycles. The van der Waals surface area contributed by atoms with E-state index in [9.17, 15) is 0 Å². The first-order valence-electron chi connectivity index (χ1n) is 7.23. The molecule has 0 N–H and O–H groups in total. The quantitative estimate of drug-likeness (QED) is 0.407. The Morgan fingerprint density at radius 1 is 1.36 bits per heavy atom. The van der Waals surface area contributed by atoms with Crippen LogP contribution in [-0.2, 0) is 6.61 Å². The highest BCUT2D eigenvalue weighted by Gasteiger charge is 2.07. The van der Waals surface area contributed by atoms with Crippen molar-refractivity contribution in [2.24, 2.45) is 5.10 Å². The van der Waals surface area contributed by atoms with Gasteiger partial charge in [-0.05, 0) is 43.5 Å². The summed E-state index contributed by atoms with van der Waals surface area (Å²) in [5.74, 6) is 2.59. The topological polar surface area (TPSA) is 65.4 Å². The Morgan fingerprint density at radius 3 is 2.96 bits per heavy atom. The molecule has 0 radical (unpaired) electrons. The third kappa shape index (κ3) is 4.45. The van der Waals surface area contributed by atoms with Gasteiger partial charge in [0.15, 0.2) is 5.82 Å². The van der Waals surface area contributed by atoms with E-state index in [1.807, 2.05) is 31.4 Å². The molecule has 0 saturated carbocycles. The average molecular weight is 442 g/mol. The van der Waals surface area contributed by atoms with Crippen LogP contribution in [0.25, 0.3) is 0 Å². The highest BCUT2D eigenvalue weighted by atomic mass is 79.9. The number of thioether (sulfide) groups is 1. The molecule has 0 amide bonds. The highest BCUT2D eigenvalue weighted by molar-refractivity contribution is 9.10. The molecule has 0 fully saturated rings. The normalized spacial score (nSPS) is 11.4. The van der Waals surface area contributed by atoms with Gasteiger partial charge in [0.05, 0.1) is 11.2 Å². The average Bonchev–Trinajstić information content (AvgIpc) is 3.18. The molecule has 0 aliphatic rings. The number of hydrogen-bond acceptors (Lipinski definition) is 6. The third-order valence-electron chi connectivity index (χ3n) is 3.20. The fraction of sp³-hybridized carbons (Fsp3) is 0.188. The number of furan rings is 1. The second-order valence-corrected chi connectivity index (χ2v) is 7.05. The summed E-state index contributed by atoms with van der Waals surface area (Å²) < 4.78 is 13.9. The molecule has 0 aliphatic carbocycles. The van der Waals surface area contributed by atoms with Gasteiger partial charge in [-0.15, -0.1) is 10.2 Å². The van der Waals surface area contributed by atoms with E-state index in [0.29, 0.717) is 33.3 Å². The Bertz CT molecular complexity index is 909. The van der Waals surface area contributed by atoms with Crippen molar-refractivity contribution in [1.29, 1.82) is 0 Å². The fourth-order valence-electron chi connectivity index (χ4n) is 2.00. The van der Waals surface area contributed by atoms with Crippen molar-refractivity contribution in [3.05, 3.63) is 57.2 Å². The van der Waals surface area contributed by atoms with Crippen molar-refractivity contribution < 1.29 is 9.15 Å². The van der Waals surface area contributed by atoms with Gasteiger partial charge in [0.25, 0.3) is 0 Å². The van der Waals surface area contributed by atoms with Crippen LogP contribution in [0.3, 0.4) is 0 Å². The lowest BCUT2D eigenvalue weighted by molar-refractivity contribution is 0.270. The van der Waals surface area contributed by atoms with Crippen molar-refractivity contribution in [2.75, 3.05) is 6.26 Å². The van der Waals surface area contributed by atoms with Crippen LogP contribution in [-0.4, -0.2) is 27.3 Å². The van der Waals surface area contributed by atoms with Crippen molar-refractivity contribution >= 4 is 45.5 Å². The van der Waals surface area contributed by atoms with Gasteiger partial charge in [-0.25, -0.2) is 0 Å². The van der Waals surface area contributed by atoms with Crippen LogP contribution in [0.4, 0.5) is 0 Å². The van der Waals surface area contributed by atoms with Gasteiger partial charge >= 0.3 is 0 Å². The second-order valence-electron chi connectivity index (χ2n) is 4.96. The molecule has 3 aromatic rings. The van der Waals surface area contributed by atoms with E-state index in [-0.39, 0.29) is 6.61 Å². The summed E-state index contributed by atoms with van der Waals surface area (Å²) in [5, 5.41) is 13.6. The van der Waals surface area contributed by atoms with Crippen LogP contribution in [0.5, 0.6) is 5.75 Å². The first-order chi connectivity index (χ1) is 12.1. The molecule has 6 nitrogen and oxygen atoms in total. The van der Waals surface area contributed by atoms with Crippen LogP contribution >= 0.6 is 39.3 Å². The minimum atomic E-state index is 0.275. The van der Waals surface area contributed by atoms with E-state index in [2.05, 4.69) is 31.2 Å². The molecule has 2 aromatic heterocycles. The Balaban J connectivity index is 1.66. The van der Waals surface area contributed by atoms with Crippen molar-refractivity contribution in [3.8, 4) is 5.75 Å². The SMILES string of the molecule is CSc1nnc(C)n1/N=C\c1ccc(COc2ccc(Br)cc2Cl)o1. The second kappa shape index (κ2) is 8.07. The first-order valence-corrected chi connectivity index (χ1v) is 9.63. The number of hydrogen-bond donors (Lipinski definition) is 0. The summed E-state index contributed by atoms with van der Waals surface area (Å²) in [6.07, 6.45) is 3.54. The predicted octanol–water partition coefficient (Wildman–Crippen LogP) is 4.78. The van der Waals surface area contributed by atoms with Gasteiger partial charge in [0.2, 0.25) is 5.16 Å². The van der Waals surface area contributed by atoms with E-state index in [1.165, 1.54) is 11.8 Å². The maximum Gasteiger partial charge on any atom is 0.211 e. The van der Waals surface area contributed by atoms with Gasteiger partial charge in [-0.1, -0.05) is 39.3 Å². The molecule has 130 valence electrons. The van der Waals surface area contributed by atoms with E-state index < -0.39 is 0 Å². The number of benzene rings is 1. The molecular formula is C16H14BrClN4O2S. The van der Waals surface area contributed by atoms with Crippen molar-refractivity contribution in [1.82, 2.24) is 14.9 Å². The fourth-order valence-corrected chi connectivity index (χ4v) is 3.20. The van der Waals surface area contributed by atoms with E-state index in [1.54, 1.807) is 23.0 Å². The summed E-state index contributed by atoms with van der Waals surface area (Å²) in [6.45, 7) is 2.12. The van der Waals surface area contributed by atoms with Crippen molar-refractivity contribution in [2.45, 2.75) is 18.7 Å². The smallest absolute Gasteiger partial charge is 0.211 e. The van der Waals surface area contributed by atoms with Gasteiger partial charge in [0, 0.05) is 4.47 Å². The molecule has 3 rings (SSSR count). The molecule has 0 spiro atoms. The number of ether oxygens (including phenoxy) is 1. The maximum absolute atomic E-state index is 6.13. The van der Waals surface area contributed by atoms with E-state index in [4.69, 9.17) is 20.8 Å². The monoisotopic (exact) mass is 440 g/mol. The standard InChI is InChI=1S/C16H14BrClN4O2S/c1-10-20-21-16(25-2)22(10)19-8-12-4-5-13(24-12)9-23-15-6-3-11(17)7-14(15)18/h3-8H,9H2,1-2H3/b19-8-. The third-order valence-corrected chi connectivity index (χ3v) is 4.61. The maximum atomic E-state index is 6.13. The zero-order chi connectivity index (χ0) is 17.8. The first kappa shape index (κ1) is 18.0. The number of halogens is 2. The minimum Gasteiger partial charge on any atom is -0.484 e. The molecule has 0 bridgehead atoms. The highest BCUT2D eigenvalue weighted by Crippen LogP contribution is 2.28. The lowest BCUT2D eigenvalue weighted by atomic mass is 10.3. The lowest BCUT2D eigenvalue weighted by Gasteiger charge is -2.06. The predicted molar refractivity (Wildman–Crippen MR) is 102 cm³/mol. The molecular weight excluding hydrogens is 428 g/mol. The Hall–Kier alpha value is -1.77. The largest absolute Gasteiger partial charge is 0.484 e. The molecule has 0 unspecified atom stereocenters. The zero-order valence-corrected chi connectivity index (χ0v) is 16.6. The zero-order valence-electron chi connectivity index (χ0n) is 13.4. The van der Waals surface area contributed by atoms with E-state index in [0.717, 1.165) is 4.47 Å². The van der Waals surface area contributed by atoms with Crippen molar-refractivity contribution in [3.63, 3.8) is 0 Å². The molecule has 0 saturated heterocycles. The van der Waals surface area contributed by atoms with E-state index >= 15 is 0 Å². The summed E-state index contributed by atoms with van der Waals surface area (Å²) in [5.41, 5.74) is 0. The number of aryl methyl sites for hydroxylation is 1. The van der Waals surface area contributed by atoms with Crippen LogP contribution in [0.1, 0.15) is 17.3 Å². The Morgan fingerprint density at radius 2 is 2.20 bits per heavy atom. The summed E-state index contributed by atoms with van der Waals surface area (Å²) >= 11 is 11.0. The Labute approximate surface area is 162 Å². The van der Waals surface area contributed by atoms with Crippen LogP contribution in [0.15, 0.2) is 49.5 Å². The molecule has 0 atom stereocenters.